The first-order valence-corrected chi connectivity index (χ1v) is 9.04. The Balaban J connectivity index is 0.00000576. The average Bonchev–Trinajstić information content (AvgIpc) is 2.44. The van der Waals surface area contributed by atoms with Gasteiger partial charge in [0.2, 0.25) is 0 Å². The van der Waals surface area contributed by atoms with Gasteiger partial charge in [-0.1, -0.05) is 0 Å². The number of benzene rings is 1. The number of sulfone groups is 1. The summed E-state index contributed by atoms with van der Waals surface area (Å²) in [6.45, 7) is 0.793. The van der Waals surface area contributed by atoms with E-state index in [2.05, 4.69) is 10.3 Å². The molecule has 9 nitrogen and oxygen atoms in total. The van der Waals surface area contributed by atoms with Crippen LogP contribution < -0.4 is 5.32 Å². The zero-order valence-electron chi connectivity index (χ0n) is 14.9. The molecular formula is C14H24IN5O4S. The van der Waals surface area contributed by atoms with Gasteiger partial charge in [0.1, 0.15) is 5.69 Å². The molecule has 0 unspecified atom stereocenters. The van der Waals surface area contributed by atoms with Gasteiger partial charge in [-0.25, -0.2) is 8.42 Å². The van der Waals surface area contributed by atoms with Gasteiger partial charge in [-0.2, -0.15) is 0 Å². The summed E-state index contributed by atoms with van der Waals surface area (Å²) in [5.74, 6) is 0.777. The van der Waals surface area contributed by atoms with Crippen molar-refractivity contribution in [2.45, 2.75) is 4.90 Å². The Bertz CT molecular complexity index is 725. The van der Waals surface area contributed by atoms with E-state index in [9.17, 15) is 18.5 Å². The van der Waals surface area contributed by atoms with Gasteiger partial charge in [-0.3, -0.25) is 15.1 Å². The van der Waals surface area contributed by atoms with Gasteiger partial charge < -0.3 is 15.1 Å². The van der Waals surface area contributed by atoms with Crippen LogP contribution in [0.5, 0.6) is 0 Å². The number of anilines is 1. The number of halogens is 1. The lowest BCUT2D eigenvalue weighted by Gasteiger charge is -2.22. The summed E-state index contributed by atoms with van der Waals surface area (Å²) in [5, 5.41) is 14.1. The second-order valence-electron chi connectivity index (χ2n) is 5.61. The molecule has 11 heteroatoms. The number of nitro groups is 1. The topological polar surface area (TPSA) is 108 Å². The minimum atomic E-state index is -3.50. The van der Waals surface area contributed by atoms with Gasteiger partial charge in [0.05, 0.1) is 16.4 Å². The van der Waals surface area contributed by atoms with Gasteiger partial charge in [0, 0.05) is 47.1 Å². The maximum atomic E-state index is 11.5. The van der Waals surface area contributed by atoms with Crippen LogP contribution in [0.25, 0.3) is 0 Å². The average molecular weight is 485 g/mol. The van der Waals surface area contributed by atoms with Crippen LogP contribution in [-0.4, -0.2) is 76.6 Å². The molecule has 0 saturated heterocycles. The minimum Gasteiger partial charge on any atom is -0.378 e. The van der Waals surface area contributed by atoms with E-state index in [-0.39, 0.29) is 40.2 Å². The molecule has 0 aliphatic carbocycles. The fourth-order valence-electron chi connectivity index (χ4n) is 2.07. The fourth-order valence-corrected chi connectivity index (χ4v) is 2.71. The Hall–Kier alpha value is -1.63. The zero-order valence-corrected chi connectivity index (χ0v) is 18.0. The van der Waals surface area contributed by atoms with Crippen LogP contribution in [0.4, 0.5) is 11.4 Å². The molecule has 142 valence electrons. The van der Waals surface area contributed by atoms with Gasteiger partial charge >= 0.3 is 0 Å². The number of nitrogens with zero attached hydrogens (tertiary/aromatic N) is 4. The number of guanidine groups is 1. The Morgan fingerprint density at radius 3 is 2.24 bits per heavy atom. The molecule has 0 saturated carbocycles. The summed E-state index contributed by atoms with van der Waals surface area (Å²) in [6.07, 6.45) is 1.01. The number of aliphatic imine (C=N–C) groups is 1. The van der Waals surface area contributed by atoms with Crippen molar-refractivity contribution in [1.29, 1.82) is 0 Å². The van der Waals surface area contributed by atoms with Crippen molar-refractivity contribution in [2.24, 2.45) is 4.99 Å². The minimum absolute atomic E-state index is 0. The molecule has 0 aliphatic heterocycles. The highest BCUT2D eigenvalue weighted by molar-refractivity contribution is 14.0. The molecule has 1 rings (SSSR count). The van der Waals surface area contributed by atoms with Crippen molar-refractivity contribution >= 4 is 51.1 Å². The monoisotopic (exact) mass is 485 g/mol. The number of hydrogen-bond acceptors (Lipinski definition) is 6. The van der Waals surface area contributed by atoms with E-state index in [1.54, 1.807) is 0 Å². The lowest BCUT2D eigenvalue weighted by atomic mass is 10.2. The van der Waals surface area contributed by atoms with Crippen LogP contribution in [0.3, 0.4) is 0 Å². The lowest BCUT2D eigenvalue weighted by Crippen LogP contribution is -2.35. The van der Waals surface area contributed by atoms with Gasteiger partial charge in [-0.05, 0) is 12.1 Å². The standard InChI is InChI=1S/C14H23N5O4S.HI/c1-17(2)14(18(3)4)16-9-8-15-12-7-6-11(24(5,22)23)10-13(12)19(20)21;/h6-7,10,15H,8-9H2,1-5H3;1H. The van der Waals surface area contributed by atoms with Crippen LogP contribution >= 0.6 is 24.0 Å². The van der Waals surface area contributed by atoms with E-state index < -0.39 is 14.8 Å². The highest BCUT2D eigenvalue weighted by Crippen LogP contribution is 2.27. The van der Waals surface area contributed by atoms with E-state index in [1.807, 2.05) is 38.0 Å². The quantitative estimate of drug-likeness (QED) is 0.163. The first kappa shape index (κ1) is 23.4. The summed E-state index contributed by atoms with van der Waals surface area (Å²) in [4.78, 5) is 18.6. The third-order valence-electron chi connectivity index (χ3n) is 3.07. The molecule has 0 spiro atoms. The first-order valence-electron chi connectivity index (χ1n) is 7.15. The van der Waals surface area contributed by atoms with Crippen molar-refractivity contribution in [3.8, 4) is 0 Å². The van der Waals surface area contributed by atoms with Crippen LogP contribution in [0.2, 0.25) is 0 Å². The molecule has 0 atom stereocenters. The van der Waals surface area contributed by atoms with Crippen molar-refractivity contribution in [2.75, 3.05) is 52.9 Å². The molecule has 0 aliphatic rings. The van der Waals surface area contributed by atoms with Crippen molar-refractivity contribution in [3.63, 3.8) is 0 Å². The largest absolute Gasteiger partial charge is 0.378 e. The van der Waals surface area contributed by atoms with Crippen LogP contribution in [0.1, 0.15) is 0 Å². The molecule has 0 fully saturated rings. The molecule has 0 amide bonds. The molecule has 1 N–H and O–H groups in total. The van der Waals surface area contributed by atoms with Crippen LogP contribution in [0.15, 0.2) is 28.1 Å². The van der Waals surface area contributed by atoms with E-state index in [0.29, 0.717) is 13.1 Å². The second-order valence-corrected chi connectivity index (χ2v) is 7.62. The SMILES string of the molecule is CN(C)C(=NCCNc1ccc(S(C)(=O)=O)cc1[N+](=O)[O-])N(C)C.I. The normalized spacial score (nSPS) is 10.4. The molecule has 25 heavy (non-hydrogen) atoms. The predicted molar refractivity (Wildman–Crippen MR) is 110 cm³/mol. The maximum Gasteiger partial charge on any atom is 0.293 e. The summed E-state index contributed by atoms with van der Waals surface area (Å²) in [6, 6.07) is 3.81. The highest BCUT2D eigenvalue weighted by Gasteiger charge is 2.18. The molecule has 1 aromatic carbocycles. The molecule has 0 radical (unpaired) electrons. The van der Waals surface area contributed by atoms with E-state index in [0.717, 1.165) is 18.3 Å². The molecule has 0 heterocycles. The van der Waals surface area contributed by atoms with Crippen molar-refractivity contribution < 1.29 is 13.3 Å². The summed E-state index contributed by atoms with van der Waals surface area (Å²) in [7, 11) is 4.01. The van der Waals surface area contributed by atoms with E-state index in [1.165, 1.54) is 12.1 Å². The Kier molecular flexibility index (Phi) is 9.11. The molecule has 0 aromatic heterocycles. The van der Waals surface area contributed by atoms with Crippen molar-refractivity contribution in [3.05, 3.63) is 28.3 Å². The third-order valence-corrected chi connectivity index (χ3v) is 4.18. The predicted octanol–water partition coefficient (Wildman–Crippen LogP) is 1.51. The molecule has 1 aromatic rings. The van der Waals surface area contributed by atoms with E-state index in [4.69, 9.17) is 0 Å². The number of nitrogens with one attached hydrogen (secondary N) is 1. The maximum absolute atomic E-state index is 11.5. The number of nitro benzene ring substituents is 1. The van der Waals surface area contributed by atoms with Crippen molar-refractivity contribution in [1.82, 2.24) is 9.80 Å². The summed E-state index contributed by atoms with van der Waals surface area (Å²) >= 11 is 0. The number of hydrogen-bond donors (Lipinski definition) is 1. The lowest BCUT2D eigenvalue weighted by molar-refractivity contribution is -0.384. The fraction of sp³-hybridized carbons (Fsp3) is 0.500. The van der Waals surface area contributed by atoms with Gasteiger partial charge in [0.25, 0.3) is 5.69 Å². The van der Waals surface area contributed by atoms with Gasteiger partial charge in [0.15, 0.2) is 15.8 Å². The molecule has 0 bridgehead atoms. The summed E-state index contributed by atoms with van der Waals surface area (Å²) in [5.41, 5.74) is -0.0128. The van der Waals surface area contributed by atoms with E-state index >= 15 is 0 Å². The van der Waals surface area contributed by atoms with Crippen LogP contribution in [0, 0.1) is 10.1 Å². The highest BCUT2D eigenvalue weighted by atomic mass is 127. The molecular weight excluding hydrogens is 461 g/mol. The summed E-state index contributed by atoms with van der Waals surface area (Å²) < 4.78 is 23.0. The Morgan fingerprint density at radius 1 is 1.24 bits per heavy atom. The second kappa shape index (κ2) is 9.75. The first-order chi connectivity index (χ1) is 11.0. The smallest absolute Gasteiger partial charge is 0.293 e. The third kappa shape index (κ3) is 7.02. The number of rotatable bonds is 6. The Morgan fingerprint density at radius 2 is 1.80 bits per heavy atom. The Labute approximate surface area is 165 Å². The zero-order chi connectivity index (χ0) is 18.5. The van der Waals surface area contributed by atoms with Crippen LogP contribution in [-0.2, 0) is 9.84 Å². The van der Waals surface area contributed by atoms with Gasteiger partial charge in [-0.15, -0.1) is 24.0 Å².